The first-order valence-corrected chi connectivity index (χ1v) is 8.71. The SMILES string of the molecule is CC(C)c1nn(C2CC3(C2)CN(C(=O)OC(C)(C)C)C3)cc1[N+](=O)[O-]. The van der Waals surface area contributed by atoms with Crippen LogP contribution in [0.25, 0.3) is 0 Å². The van der Waals surface area contributed by atoms with Crippen molar-refractivity contribution in [1.29, 1.82) is 0 Å². The van der Waals surface area contributed by atoms with E-state index in [4.69, 9.17) is 4.74 Å². The van der Waals surface area contributed by atoms with Gasteiger partial charge in [-0.05, 0) is 33.6 Å². The molecule has 8 heteroatoms. The minimum Gasteiger partial charge on any atom is -0.444 e. The number of amides is 1. The summed E-state index contributed by atoms with van der Waals surface area (Å²) in [6.07, 6.45) is 3.07. The molecule has 8 nitrogen and oxygen atoms in total. The zero-order valence-corrected chi connectivity index (χ0v) is 15.5. The number of ether oxygens (including phenoxy) is 1. The Morgan fingerprint density at radius 1 is 1.40 bits per heavy atom. The molecule has 138 valence electrons. The van der Waals surface area contributed by atoms with Crippen molar-refractivity contribution in [3.63, 3.8) is 0 Å². The molecule has 0 unspecified atom stereocenters. The van der Waals surface area contributed by atoms with Crippen LogP contribution in [0.5, 0.6) is 0 Å². The summed E-state index contributed by atoms with van der Waals surface area (Å²) in [7, 11) is 0. The van der Waals surface area contributed by atoms with Gasteiger partial charge in [0, 0.05) is 24.4 Å². The second-order valence-corrected chi connectivity index (χ2v) is 8.69. The number of likely N-dealkylation sites (tertiary alicyclic amines) is 1. The van der Waals surface area contributed by atoms with E-state index in [2.05, 4.69) is 5.10 Å². The van der Waals surface area contributed by atoms with E-state index in [0.717, 1.165) is 12.8 Å². The fourth-order valence-electron chi connectivity index (χ4n) is 3.74. The molecule has 1 aromatic heterocycles. The monoisotopic (exact) mass is 350 g/mol. The second kappa shape index (κ2) is 5.71. The van der Waals surface area contributed by atoms with Crippen LogP contribution in [0.2, 0.25) is 0 Å². The van der Waals surface area contributed by atoms with Gasteiger partial charge in [0.15, 0.2) is 0 Å². The summed E-state index contributed by atoms with van der Waals surface area (Å²) in [5.74, 6) is 0.0158. The third-order valence-corrected chi connectivity index (χ3v) is 4.90. The maximum atomic E-state index is 12.0. The zero-order valence-electron chi connectivity index (χ0n) is 15.5. The molecule has 0 atom stereocenters. The van der Waals surface area contributed by atoms with Gasteiger partial charge in [0.1, 0.15) is 17.5 Å². The summed E-state index contributed by atoms with van der Waals surface area (Å²) < 4.78 is 7.13. The van der Waals surface area contributed by atoms with Crippen molar-refractivity contribution in [2.45, 2.75) is 65.0 Å². The Labute approximate surface area is 147 Å². The molecular formula is C17H26N4O4. The van der Waals surface area contributed by atoms with Gasteiger partial charge < -0.3 is 9.64 Å². The van der Waals surface area contributed by atoms with Gasteiger partial charge in [-0.25, -0.2) is 4.79 Å². The molecular weight excluding hydrogens is 324 g/mol. The lowest BCUT2D eigenvalue weighted by atomic mass is 9.61. The maximum absolute atomic E-state index is 12.0. The molecule has 0 radical (unpaired) electrons. The van der Waals surface area contributed by atoms with E-state index >= 15 is 0 Å². The number of rotatable bonds is 3. The van der Waals surface area contributed by atoms with Gasteiger partial charge in [0.05, 0.1) is 11.0 Å². The van der Waals surface area contributed by atoms with Crippen molar-refractivity contribution in [2.24, 2.45) is 5.41 Å². The summed E-state index contributed by atoms with van der Waals surface area (Å²) in [4.78, 5) is 24.6. The molecule has 0 bridgehead atoms. The Bertz CT molecular complexity index is 690. The van der Waals surface area contributed by atoms with Crippen LogP contribution >= 0.6 is 0 Å². The van der Waals surface area contributed by atoms with Crippen molar-refractivity contribution in [3.05, 3.63) is 22.0 Å². The van der Waals surface area contributed by atoms with Gasteiger partial charge in [-0.2, -0.15) is 5.10 Å². The number of nitrogens with zero attached hydrogens (tertiary/aromatic N) is 4. The Hall–Kier alpha value is -2.12. The molecule has 1 amide bonds. The van der Waals surface area contributed by atoms with Crippen LogP contribution in [0.15, 0.2) is 6.20 Å². The fraction of sp³-hybridized carbons (Fsp3) is 0.765. The third kappa shape index (κ3) is 3.34. The van der Waals surface area contributed by atoms with E-state index in [9.17, 15) is 14.9 Å². The summed E-state index contributed by atoms with van der Waals surface area (Å²) >= 11 is 0. The van der Waals surface area contributed by atoms with E-state index < -0.39 is 5.60 Å². The molecule has 3 rings (SSSR count). The van der Waals surface area contributed by atoms with Gasteiger partial charge in [-0.15, -0.1) is 0 Å². The lowest BCUT2D eigenvalue weighted by molar-refractivity contribution is -0.385. The quantitative estimate of drug-likeness (QED) is 0.615. The van der Waals surface area contributed by atoms with Crippen LogP contribution < -0.4 is 0 Å². The molecule has 1 aliphatic heterocycles. The molecule has 1 aromatic rings. The average molecular weight is 350 g/mol. The molecule has 2 aliphatic rings. The first-order chi connectivity index (χ1) is 11.5. The first-order valence-electron chi connectivity index (χ1n) is 8.71. The van der Waals surface area contributed by atoms with Crippen molar-refractivity contribution in [1.82, 2.24) is 14.7 Å². The fourth-order valence-corrected chi connectivity index (χ4v) is 3.74. The maximum Gasteiger partial charge on any atom is 0.410 e. The van der Waals surface area contributed by atoms with E-state index in [1.165, 1.54) is 0 Å². The molecule has 2 heterocycles. The number of hydrogen-bond acceptors (Lipinski definition) is 5. The largest absolute Gasteiger partial charge is 0.444 e. The normalized spacial score (nSPS) is 19.7. The standard InChI is InChI=1S/C17H26N4O4/c1-11(2)14-13(21(23)24)8-20(18-14)12-6-17(7-12)9-19(10-17)15(22)25-16(3,4)5/h8,11-12H,6-7,9-10H2,1-5H3. The number of aromatic nitrogens is 2. The molecule has 0 aromatic carbocycles. The van der Waals surface area contributed by atoms with Crippen molar-refractivity contribution in [3.8, 4) is 0 Å². The van der Waals surface area contributed by atoms with Crippen LogP contribution in [0, 0.1) is 15.5 Å². The van der Waals surface area contributed by atoms with Gasteiger partial charge in [0.2, 0.25) is 0 Å². The summed E-state index contributed by atoms with van der Waals surface area (Å²) in [6, 6.07) is 0.173. The van der Waals surface area contributed by atoms with Gasteiger partial charge >= 0.3 is 11.8 Å². The minimum absolute atomic E-state index is 0.0158. The topological polar surface area (TPSA) is 90.5 Å². The first kappa shape index (κ1) is 17.7. The minimum atomic E-state index is -0.483. The van der Waals surface area contributed by atoms with Crippen LogP contribution in [0.3, 0.4) is 0 Å². The number of hydrogen-bond donors (Lipinski definition) is 0. The average Bonchev–Trinajstić information content (AvgIpc) is 2.78. The predicted octanol–water partition coefficient (Wildman–Crippen LogP) is 3.49. The highest BCUT2D eigenvalue weighted by molar-refractivity contribution is 5.69. The molecule has 1 spiro atoms. The van der Waals surface area contributed by atoms with Crippen LogP contribution in [0.1, 0.15) is 65.1 Å². The smallest absolute Gasteiger partial charge is 0.410 e. The summed E-state index contributed by atoms with van der Waals surface area (Å²) in [6.45, 7) is 10.8. The molecule has 1 aliphatic carbocycles. The lowest BCUT2D eigenvalue weighted by Gasteiger charge is -2.58. The van der Waals surface area contributed by atoms with E-state index in [-0.39, 0.29) is 34.1 Å². The molecule has 1 saturated heterocycles. The second-order valence-electron chi connectivity index (χ2n) is 8.69. The van der Waals surface area contributed by atoms with E-state index in [1.54, 1.807) is 15.8 Å². The Morgan fingerprint density at radius 3 is 2.44 bits per heavy atom. The van der Waals surface area contributed by atoms with Crippen LogP contribution in [0.4, 0.5) is 10.5 Å². The Kier molecular flexibility index (Phi) is 4.04. The zero-order chi connectivity index (χ0) is 18.6. The van der Waals surface area contributed by atoms with Crippen LogP contribution in [-0.2, 0) is 4.74 Å². The van der Waals surface area contributed by atoms with E-state index in [0.29, 0.717) is 18.8 Å². The van der Waals surface area contributed by atoms with Crippen molar-refractivity contribution >= 4 is 11.8 Å². The van der Waals surface area contributed by atoms with Crippen molar-refractivity contribution < 1.29 is 14.5 Å². The number of nitro groups is 1. The summed E-state index contributed by atoms with van der Waals surface area (Å²) in [5.41, 5.74) is 0.277. The Morgan fingerprint density at radius 2 is 2.00 bits per heavy atom. The number of carbonyl (C=O) groups excluding carboxylic acids is 1. The van der Waals surface area contributed by atoms with Gasteiger partial charge in [0.25, 0.3) is 0 Å². The van der Waals surface area contributed by atoms with E-state index in [1.807, 2.05) is 34.6 Å². The molecule has 25 heavy (non-hydrogen) atoms. The Balaban J connectivity index is 1.58. The van der Waals surface area contributed by atoms with Crippen LogP contribution in [-0.4, -0.2) is 44.4 Å². The predicted molar refractivity (Wildman–Crippen MR) is 91.5 cm³/mol. The highest BCUT2D eigenvalue weighted by atomic mass is 16.6. The molecule has 0 N–H and O–H groups in total. The highest BCUT2D eigenvalue weighted by Gasteiger charge is 2.55. The molecule has 1 saturated carbocycles. The highest BCUT2D eigenvalue weighted by Crippen LogP contribution is 2.54. The lowest BCUT2D eigenvalue weighted by Crippen LogP contribution is -2.64. The third-order valence-electron chi connectivity index (χ3n) is 4.90. The van der Waals surface area contributed by atoms with Gasteiger partial charge in [-0.3, -0.25) is 14.8 Å². The number of carbonyl (C=O) groups is 1. The summed E-state index contributed by atoms with van der Waals surface area (Å²) in [5, 5.41) is 15.6. The van der Waals surface area contributed by atoms with Crippen molar-refractivity contribution in [2.75, 3.05) is 13.1 Å². The molecule has 2 fully saturated rings. The van der Waals surface area contributed by atoms with Gasteiger partial charge in [-0.1, -0.05) is 13.8 Å².